The molecule has 0 aliphatic heterocycles. The number of pyridine rings is 1. The molecule has 0 bridgehead atoms. The van der Waals surface area contributed by atoms with Crippen LogP contribution in [0.3, 0.4) is 0 Å². The number of rotatable bonds is 5. The Kier molecular flexibility index (Phi) is 5.24. The number of hydrogen-bond acceptors (Lipinski definition) is 4. The number of carbonyl (C=O) groups excluding carboxylic acids is 2. The topological polar surface area (TPSA) is 88.9 Å². The normalized spacial score (nSPS) is 10.3. The lowest BCUT2D eigenvalue weighted by Gasteiger charge is -2.08. The number of nitrogens with one attached hydrogen (secondary N) is 2. The van der Waals surface area contributed by atoms with Crippen LogP contribution in [0, 0.1) is 13.8 Å². The number of amides is 2. The zero-order chi connectivity index (χ0) is 15.9. The minimum atomic E-state index is -0.319. The van der Waals surface area contributed by atoms with Crippen molar-refractivity contribution in [3.05, 3.63) is 47.5 Å². The Bertz CT molecular complexity index is 651. The van der Waals surface area contributed by atoms with Gasteiger partial charge in [0.15, 0.2) is 0 Å². The molecule has 0 fully saturated rings. The zero-order valence-corrected chi connectivity index (χ0v) is 12.7. The first-order valence-corrected chi connectivity index (χ1v) is 7.02. The molecular formula is C15H19N5O2. The van der Waals surface area contributed by atoms with E-state index in [4.69, 9.17) is 0 Å². The summed E-state index contributed by atoms with van der Waals surface area (Å²) in [5.74, 6) is -0.563. The number of aromatic nitrogens is 3. The molecule has 0 aliphatic carbocycles. The van der Waals surface area contributed by atoms with Crippen molar-refractivity contribution < 1.29 is 9.59 Å². The van der Waals surface area contributed by atoms with E-state index in [9.17, 15) is 9.59 Å². The van der Waals surface area contributed by atoms with Crippen molar-refractivity contribution in [1.29, 1.82) is 0 Å². The summed E-state index contributed by atoms with van der Waals surface area (Å²) in [4.78, 5) is 27.4. The van der Waals surface area contributed by atoms with Crippen molar-refractivity contribution in [3.63, 3.8) is 0 Å². The molecule has 0 spiro atoms. The first kappa shape index (κ1) is 15.7. The van der Waals surface area contributed by atoms with Crippen LogP contribution >= 0.6 is 0 Å². The van der Waals surface area contributed by atoms with E-state index in [1.807, 2.05) is 32.0 Å². The van der Waals surface area contributed by atoms with Crippen molar-refractivity contribution in [1.82, 2.24) is 25.6 Å². The molecule has 0 aliphatic rings. The average Bonchev–Trinajstić information content (AvgIpc) is 2.82. The highest BCUT2D eigenvalue weighted by molar-refractivity contribution is 5.81. The standard InChI is InChI=1S/C15H19N5O2/c1-11-8-12(2)20(19-11)10-15(22)18-17-14(21)6-5-13-4-3-7-16-9-13/h3-4,7-9H,5-6,10H2,1-2H3,(H,17,21)(H,18,22). The van der Waals surface area contributed by atoms with E-state index >= 15 is 0 Å². The monoisotopic (exact) mass is 301 g/mol. The number of hydrazine groups is 1. The molecule has 0 saturated heterocycles. The van der Waals surface area contributed by atoms with Crippen molar-refractivity contribution in [3.8, 4) is 0 Å². The summed E-state index contributed by atoms with van der Waals surface area (Å²) in [6.07, 6.45) is 4.26. The van der Waals surface area contributed by atoms with E-state index < -0.39 is 0 Å². The summed E-state index contributed by atoms with van der Waals surface area (Å²) in [6, 6.07) is 5.62. The maximum atomic E-state index is 11.8. The molecular weight excluding hydrogens is 282 g/mol. The second-order valence-corrected chi connectivity index (χ2v) is 5.04. The Morgan fingerprint density at radius 1 is 1.23 bits per heavy atom. The van der Waals surface area contributed by atoms with Gasteiger partial charge in [-0.3, -0.25) is 30.1 Å². The molecule has 22 heavy (non-hydrogen) atoms. The fourth-order valence-corrected chi connectivity index (χ4v) is 2.02. The van der Waals surface area contributed by atoms with Crippen molar-refractivity contribution in [2.24, 2.45) is 0 Å². The lowest BCUT2D eigenvalue weighted by atomic mass is 10.1. The van der Waals surface area contributed by atoms with Crippen LogP contribution in [0.15, 0.2) is 30.6 Å². The Hall–Kier alpha value is -2.70. The highest BCUT2D eigenvalue weighted by Gasteiger charge is 2.08. The van der Waals surface area contributed by atoms with Gasteiger partial charge < -0.3 is 0 Å². The molecule has 2 aromatic heterocycles. The summed E-state index contributed by atoms with van der Waals surface area (Å²) in [6.45, 7) is 3.81. The largest absolute Gasteiger partial charge is 0.273 e. The second-order valence-electron chi connectivity index (χ2n) is 5.04. The van der Waals surface area contributed by atoms with Gasteiger partial charge in [-0.25, -0.2) is 0 Å². The molecule has 7 heteroatoms. The molecule has 7 nitrogen and oxygen atoms in total. The molecule has 0 saturated carbocycles. The Balaban J connectivity index is 1.72. The van der Waals surface area contributed by atoms with Crippen LogP contribution in [-0.2, 0) is 22.6 Å². The molecule has 0 radical (unpaired) electrons. The SMILES string of the molecule is Cc1cc(C)n(CC(=O)NNC(=O)CCc2cccnc2)n1. The third-order valence-electron chi connectivity index (χ3n) is 3.10. The van der Waals surface area contributed by atoms with E-state index in [1.165, 1.54) is 0 Å². The molecule has 116 valence electrons. The van der Waals surface area contributed by atoms with Gasteiger partial charge in [0.1, 0.15) is 6.54 Å². The van der Waals surface area contributed by atoms with Gasteiger partial charge in [0, 0.05) is 24.5 Å². The highest BCUT2D eigenvalue weighted by Crippen LogP contribution is 2.01. The van der Waals surface area contributed by atoms with E-state index in [1.54, 1.807) is 17.1 Å². The summed E-state index contributed by atoms with van der Waals surface area (Å²) in [7, 11) is 0. The van der Waals surface area contributed by atoms with E-state index in [-0.39, 0.29) is 24.8 Å². The summed E-state index contributed by atoms with van der Waals surface area (Å²) >= 11 is 0. The van der Waals surface area contributed by atoms with Crippen molar-refractivity contribution in [2.75, 3.05) is 0 Å². The summed E-state index contributed by atoms with van der Waals surface area (Å²) in [5.41, 5.74) is 7.52. The van der Waals surface area contributed by atoms with Gasteiger partial charge in [-0.05, 0) is 38.0 Å². The smallest absolute Gasteiger partial charge is 0.260 e. The van der Waals surface area contributed by atoms with Crippen LogP contribution in [0.25, 0.3) is 0 Å². The average molecular weight is 301 g/mol. The molecule has 0 unspecified atom stereocenters. The van der Waals surface area contributed by atoms with Crippen LogP contribution in [0.4, 0.5) is 0 Å². The molecule has 2 rings (SSSR count). The van der Waals surface area contributed by atoms with Gasteiger partial charge in [-0.1, -0.05) is 6.07 Å². The predicted molar refractivity (Wildman–Crippen MR) is 80.5 cm³/mol. The van der Waals surface area contributed by atoms with Crippen LogP contribution in [-0.4, -0.2) is 26.6 Å². The second kappa shape index (κ2) is 7.35. The lowest BCUT2D eigenvalue weighted by molar-refractivity contribution is -0.129. The number of hydrogen-bond donors (Lipinski definition) is 2. The number of carbonyl (C=O) groups is 2. The van der Waals surface area contributed by atoms with E-state index in [2.05, 4.69) is 20.9 Å². The van der Waals surface area contributed by atoms with E-state index in [0.717, 1.165) is 17.0 Å². The molecule has 2 N–H and O–H groups in total. The molecule has 2 heterocycles. The molecule has 0 aromatic carbocycles. The summed E-state index contributed by atoms with van der Waals surface area (Å²) in [5, 5.41) is 4.19. The molecule has 0 atom stereocenters. The molecule has 2 amide bonds. The lowest BCUT2D eigenvalue weighted by Crippen LogP contribution is -2.43. The fraction of sp³-hybridized carbons (Fsp3) is 0.333. The van der Waals surface area contributed by atoms with Crippen molar-refractivity contribution in [2.45, 2.75) is 33.2 Å². The van der Waals surface area contributed by atoms with Gasteiger partial charge in [-0.15, -0.1) is 0 Å². The first-order valence-electron chi connectivity index (χ1n) is 7.02. The Labute approximate surface area is 128 Å². The third-order valence-corrected chi connectivity index (χ3v) is 3.10. The zero-order valence-electron chi connectivity index (χ0n) is 12.7. The highest BCUT2D eigenvalue weighted by atomic mass is 16.2. The quantitative estimate of drug-likeness (QED) is 0.795. The van der Waals surface area contributed by atoms with Gasteiger partial charge in [0.25, 0.3) is 5.91 Å². The Morgan fingerprint density at radius 2 is 2.00 bits per heavy atom. The van der Waals surface area contributed by atoms with E-state index in [0.29, 0.717) is 6.42 Å². The van der Waals surface area contributed by atoms with Crippen LogP contribution in [0.1, 0.15) is 23.4 Å². The number of aryl methyl sites for hydroxylation is 3. The summed E-state index contributed by atoms with van der Waals surface area (Å²) < 4.78 is 1.59. The third kappa shape index (κ3) is 4.69. The fourth-order valence-electron chi connectivity index (χ4n) is 2.02. The Morgan fingerprint density at radius 3 is 2.64 bits per heavy atom. The predicted octanol–water partition coefficient (Wildman–Crippen LogP) is 0.675. The minimum Gasteiger partial charge on any atom is -0.273 e. The van der Waals surface area contributed by atoms with Crippen LogP contribution in [0.5, 0.6) is 0 Å². The van der Waals surface area contributed by atoms with Gasteiger partial charge in [-0.2, -0.15) is 5.10 Å². The molecule has 2 aromatic rings. The first-order chi connectivity index (χ1) is 10.5. The van der Waals surface area contributed by atoms with Crippen LogP contribution < -0.4 is 10.9 Å². The van der Waals surface area contributed by atoms with Crippen molar-refractivity contribution >= 4 is 11.8 Å². The maximum absolute atomic E-state index is 11.8. The number of nitrogens with zero attached hydrogens (tertiary/aromatic N) is 3. The van der Waals surface area contributed by atoms with Gasteiger partial charge in [0.2, 0.25) is 5.91 Å². The van der Waals surface area contributed by atoms with Gasteiger partial charge >= 0.3 is 0 Å². The maximum Gasteiger partial charge on any atom is 0.260 e. The minimum absolute atomic E-state index is 0.0720. The van der Waals surface area contributed by atoms with Crippen LogP contribution in [0.2, 0.25) is 0 Å². The van der Waals surface area contributed by atoms with Gasteiger partial charge in [0.05, 0.1) is 5.69 Å².